The van der Waals surface area contributed by atoms with Gasteiger partial charge in [-0.05, 0) is 39.0 Å². The van der Waals surface area contributed by atoms with E-state index in [4.69, 9.17) is 4.74 Å². The van der Waals surface area contributed by atoms with E-state index in [1.807, 2.05) is 0 Å². The number of aromatic nitrogens is 1. The van der Waals surface area contributed by atoms with Gasteiger partial charge in [0.2, 0.25) is 0 Å². The molecule has 0 unspecified atom stereocenters. The van der Waals surface area contributed by atoms with Crippen LogP contribution in [0.15, 0.2) is 24.4 Å². The van der Waals surface area contributed by atoms with E-state index in [1.54, 1.807) is 26.8 Å². The number of carbonyl (C=O) groups excluding carboxylic acids is 2. The van der Waals surface area contributed by atoms with Crippen molar-refractivity contribution in [3.63, 3.8) is 0 Å². The van der Waals surface area contributed by atoms with Crippen molar-refractivity contribution in [2.45, 2.75) is 26.4 Å². The molecule has 0 aliphatic rings. The van der Waals surface area contributed by atoms with Gasteiger partial charge >= 0.3 is 12.1 Å². The van der Waals surface area contributed by atoms with Crippen LogP contribution in [0.2, 0.25) is 0 Å². The molecule has 0 atom stereocenters. The molecule has 0 amide bonds. The second-order valence-electron chi connectivity index (χ2n) is 5.54. The lowest BCUT2D eigenvalue weighted by atomic mass is 10.1. The van der Waals surface area contributed by atoms with Crippen LogP contribution in [0.25, 0.3) is 10.9 Å². The van der Waals surface area contributed by atoms with E-state index >= 15 is 0 Å². The molecule has 0 spiro atoms. The van der Waals surface area contributed by atoms with Gasteiger partial charge in [0.1, 0.15) is 11.4 Å². The van der Waals surface area contributed by atoms with Gasteiger partial charge in [0, 0.05) is 11.6 Å². The average Bonchev–Trinajstić information content (AvgIpc) is 2.78. The quantitative estimate of drug-likeness (QED) is 0.757. The van der Waals surface area contributed by atoms with E-state index < -0.39 is 23.5 Å². The topological polar surface area (TPSA) is 57.5 Å². The Kier molecular flexibility index (Phi) is 3.72. The van der Waals surface area contributed by atoms with Gasteiger partial charge in [-0.1, -0.05) is 0 Å². The monoisotopic (exact) mass is 293 g/mol. The Morgan fingerprint density at radius 3 is 2.48 bits per heavy atom. The van der Waals surface area contributed by atoms with Gasteiger partial charge in [0.05, 0.1) is 18.2 Å². The zero-order valence-corrected chi connectivity index (χ0v) is 12.3. The van der Waals surface area contributed by atoms with Gasteiger partial charge in [0.15, 0.2) is 0 Å². The Hall–Kier alpha value is -2.37. The summed E-state index contributed by atoms with van der Waals surface area (Å²) in [5, 5.41) is 0.425. The number of nitrogens with zero attached hydrogens (tertiary/aromatic N) is 1. The van der Waals surface area contributed by atoms with Crippen molar-refractivity contribution in [2.75, 3.05) is 7.11 Å². The number of ether oxygens (including phenoxy) is 2. The van der Waals surface area contributed by atoms with E-state index in [0.717, 1.165) is 10.6 Å². The fourth-order valence-corrected chi connectivity index (χ4v) is 1.96. The molecule has 2 aromatic rings. The largest absolute Gasteiger partial charge is 0.465 e. The van der Waals surface area contributed by atoms with Crippen LogP contribution in [-0.2, 0) is 9.47 Å². The number of esters is 1. The highest BCUT2D eigenvalue weighted by Gasteiger charge is 2.21. The zero-order chi connectivity index (χ0) is 15.8. The van der Waals surface area contributed by atoms with Crippen molar-refractivity contribution >= 4 is 23.0 Å². The number of fused-ring (bicyclic) bond motifs is 1. The highest BCUT2D eigenvalue weighted by molar-refractivity contribution is 6.05. The molecule has 5 nitrogen and oxygen atoms in total. The molecular formula is C15H16FNO4. The molecule has 0 N–H and O–H groups in total. The third-order valence-corrected chi connectivity index (χ3v) is 2.77. The van der Waals surface area contributed by atoms with Crippen LogP contribution in [0.1, 0.15) is 31.1 Å². The number of methoxy groups -OCH3 is 1. The molecule has 0 bridgehead atoms. The average molecular weight is 293 g/mol. The fraction of sp³-hybridized carbons (Fsp3) is 0.333. The first-order chi connectivity index (χ1) is 9.73. The number of hydrogen-bond acceptors (Lipinski definition) is 4. The Morgan fingerprint density at radius 1 is 1.24 bits per heavy atom. The smallest absolute Gasteiger partial charge is 0.418 e. The summed E-state index contributed by atoms with van der Waals surface area (Å²) >= 11 is 0. The zero-order valence-electron chi connectivity index (χ0n) is 12.3. The van der Waals surface area contributed by atoms with E-state index in [-0.39, 0.29) is 11.1 Å². The molecule has 1 heterocycles. The summed E-state index contributed by atoms with van der Waals surface area (Å²) in [6.07, 6.45) is 0.795. The highest BCUT2D eigenvalue weighted by atomic mass is 19.1. The van der Waals surface area contributed by atoms with E-state index in [9.17, 15) is 14.0 Å². The normalized spacial score (nSPS) is 11.5. The van der Waals surface area contributed by atoms with Crippen LogP contribution < -0.4 is 0 Å². The Morgan fingerprint density at radius 2 is 1.90 bits per heavy atom. The van der Waals surface area contributed by atoms with Crippen LogP contribution in [0, 0.1) is 5.82 Å². The Bertz CT molecular complexity index is 712. The van der Waals surface area contributed by atoms with Gasteiger partial charge in [-0.15, -0.1) is 0 Å². The molecule has 0 radical (unpaired) electrons. The molecular weight excluding hydrogens is 277 g/mol. The number of benzene rings is 1. The molecule has 2 rings (SSSR count). The fourth-order valence-electron chi connectivity index (χ4n) is 1.96. The van der Waals surface area contributed by atoms with Crippen LogP contribution in [0.3, 0.4) is 0 Å². The summed E-state index contributed by atoms with van der Waals surface area (Å²) < 4.78 is 24.7. The Balaban J connectivity index is 2.56. The first-order valence-electron chi connectivity index (χ1n) is 6.35. The minimum atomic E-state index is -0.674. The predicted octanol–water partition coefficient (Wildman–Crippen LogP) is 3.35. The van der Waals surface area contributed by atoms with E-state index in [0.29, 0.717) is 5.39 Å². The summed E-state index contributed by atoms with van der Waals surface area (Å²) in [7, 11) is 1.21. The van der Waals surface area contributed by atoms with Crippen LogP contribution >= 0.6 is 0 Å². The molecule has 6 heteroatoms. The minimum absolute atomic E-state index is 0.0646. The highest BCUT2D eigenvalue weighted by Crippen LogP contribution is 2.24. The van der Waals surface area contributed by atoms with Gasteiger partial charge in [-0.25, -0.2) is 14.0 Å². The maximum Gasteiger partial charge on any atom is 0.418 e. The number of rotatable bonds is 1. The summed E-state index contributed by atoms with van der Waals surface area (Å²) in [5.41, 5.74) is -0.355. The van der Waals surface area contributed by atoms with Crippen molar-refractivity contribution in [2.24, 2.45) is 0 Å². The summed E-state index contributed by atoms with van der Waals surface area (Å²) in [5.74, 6) is -1.30. The first-order valence-corrected chi connectivity index (χ1v) is 6.35. The van der Waals surface area contributed by atoms with Gasteiger partial charge in [-0.3, -0.25) is 4.57 Å². The molecule has 0 saturated carbocycles. The summed E-state index contributed by atoms with van der Waals surface area (Å²) in [4.78, 5) is 23.8. The summed E-state index contributed by atoms with van der Waals surface area (Å²) in [6, 6.07) is 3.80. The first kappa shape index (κ1) is 15.0. The molecule has 0 aliphatic heterocycles. The second-order valence-corrected chi connectivity index (χ2v) is 5.54. The molecule has 0 fully saturated rings. The number of hydrogen-bond donors (Lipinski definition) is 0. The van der Waals surface area contributed by atoms with Gasteiger partial charge < -0.3 is 9.47 Å². The third kappa shape index (κ3) is 3.04. The van der Waals surface area contributed by atoms with E-state index in [2.05, 4.69) is 4.74 Å². The molecule has 21 heavy (non-hydrogen) atoms. The van der Waals surface area contributed by atoms with E-state index in [1.165, 1.54) is 19.4 Å². The van der Waals surface area contributed by atoms with Crippen LogP contribution in [-0.4, -0.2) is 29.3 Å². The van der Waals surface area contributed by atoms with Crippen molar-refractivity contribution in [3.8, 4) is 0 Å². The van der Waals surface area contributed by atoms with Gasteiger partial charge in [0.25, 0.3) is 0 Å². The standard InChI is InChI=1S/C15H16FNO4/c1-15(2,3)21-14(19)17-6-5-10-11(13(18)20-4)7-9(16)8-12(10)17/h5-8H,1-4H3. The lowest BCUT2D eigenvalue weighted by Gasteiger charge is -2.19. The lowest BCUT2D eigenvalue weighted by molar-refractivity contribution is 0.0542. The van der Waals surface area contributed by atoms with Crippen LogP contribution in [0.5, 0.6) is 0 Å². The maximum atomic E-state index is 13.7. The molecule has 1 aromatic carbocycles. The van der Waals surface area contributed by atoms with Crippen LogP contribution in [0.4, 0.5) is 9.18 Å². The van der Waals surface area contributed by atoms with Crippen molar-refractivity contribution in [1.29, 1.82) is 0 Å². The van der Waals surface area contributed by atoms with Gasteiger partial charge in [-0.2, -0.15) is 0 Å². The third-order valence-electron chi connectivity index (χ3n) is 2.77. The molecule has 1 aromatic heterocycles. The summed E-state index contributed by atoms with van der Waals surface area (Å²) in [6.45, 7) is 5.20. The van der Waals surface area contributed by atoms with Crippen molar-refractivity contribution < 1.29 is 23.5 Å². The minimum Gasteiger partial charge on any atom is -0.465 e. The van der Waals surface area contributed by atoms with Crippen molar-refractivity contribution in [3.05, 3.63) is 35.8 Å². The predicted molar refractivity (Wildman–Crippen MR) is 74.9 cm³/mol. The Labute approximate surface area is 121 Å². The second kappa shape index (κ2) is 5.20. The molecule has 0 saturated heterocycles. The number of carbonyl (C=O) groups is 2. The lowest BCUT2D eigenvalue weighted by Crippen LogP contribution is -2.26. The van der Waals surface area contributed by atoms with Crippen molar-refractivity contribution in [1.82, 2.24) is 4.57 Å². The number of halogens is 1. The maximum absolute atomic E-state index is 13.7. The molecule has 0 aliphatic carbocycles. The SMILES string of the molecule is COC(=O)c1cc(F)cc2c1ccn2C(=O)OC(C)(C)C. The molecule has 112 valence electrons.